The molecule has 344 valence electrons. The predicted octanol–water partition coefficient (Wildman–Crippen LogP) is 16.7. The first kappa shape index (κ1) is 56.4. The zero-order chi connectivity index (χ0) is 42.4. The van der Waals surface area contributed by atoms with Gasteiger partial charge in [0.2, 0.25) is 0 Å². The van der Waals surface area contributed by atoms with Crippen molar-refractivity contribution in [3.63, 3.8) is 0 Å². The first-order valence-electron chi connectivity index (χ1n) is 25.9. The maximum Gasteiger partial charge on any atom is 0.306 e. The van der Waals surface area contributed by atoms with Crippen LogP contribution < -0.4 is 0 Å². The van der Waals surface area contributed by atoms with Gasteiger partial charge in [-0.15, -0.1) is 0 Å². The monoisotopic (exact) mass is 821 g/mol. The number of esters is 3. The number of hydrogen-bond donors (Lipinski definition) is 0. The van der Waals surface area contributed by atoms with Crippen LogP contribution in [0.4, 0.5) is 0 Å². The standard InChI is InChI=1S/C52H100O6/c1-5-8-10-12-14-16-18-20-21-23-24-26-31-35-39-43-50(53)56-46-49(47-57-51(54)44-40-36-32-29-28-30-34-38-42-48(4)7-3)58-52(55)45-41-37-33-27-25-22-19-17-15-13-11-9-6-2/h48-49H,5-47H2,1-4H3/t48?,49-/m0/s1. The molecule has 6 nitrogen and oxygen atoms in total. The van der Waals surface area contributed by atoms with Crippen molar-refractivity contribution in [1.29, 1.82) is 0 Å². The molecule has 58 heavy (non-hydrogen) atoms. The van der Waals surface area contributed by atoms with Crippen molar-refractivity contribution in [2.75, 3.05) is 13.2 Å². The molecule has 0 aromatic rings. The van der Waals surface area contributed by atoms with Crippen LogP contribution in [-0.4, -0.2) is 37.2 Å². The van der Waals surface area contributed by atoms with Gasteiger partial charge in [0.05, 0.1) is 0 Å². The second-order valence-electron chi connectivity index (χ2n) is 18.1. The molecule has 0 fully saturated rings. The molecule has 6 heteroatoms. The Hall–Kier alpha value is -1.59. The summed E-state index contributed by atoms with van der Waals surface area (Å²) in [5.74, 6) is 0.00261. The van der Waals surface area contributed by atoms with Crippen molar-refractivity contribution in [3.05, 3.63) is 0 Å². The van der Waals surface area contributed by atoms with E-state index in [0.29, 0.717) is 19.3 Å². The molecule has 0 bridgehead atoms. The van der Waals surface area contributed by atoms with Crippen molar-refractivity contribution in [2.24, 2.45) is 5.92 Å². The minimum atomic E-state index is -0.760. The smallest absolute Gasteiger partial charge is 0.306 e. The van der Waals surface area contributed by atoms with Gasteiger partial charge in [-0.05, 0) is 25.2 Å². The summed E-state index contributed by atoms with van der Waals surface area (Å²) in [6, 6.07) is 0. The molecule has 0 amide bonds. The summed E-state index contributed by atoms with van der Waals surface area (Å²) in [5, 5.41) is 0. The van der Waals surface area contributed by atoms with Gasteiger partial charge >= 0.3 is 17.9 Å². The van der Waals surface area contributed by atoms with Crippen molar-refractivity contribution in [1.82, 2.24) is 0 Å². The van der Waals surface area contributed by atoms with Gasteiger partial charge in [-0.1, -0.05) is 252 Å². The molecular weight excluding hydrogens is 721 g/mol. The first-order chi connectivity index (χ1) is 28.4. The highest BCUT2D eigenvalue weighted by Gasteiger charge is 2.19. The Morgan fingerprint density at radius 2 is 0.603 bits per heavy atom. The number of rotatable bonds is 47. The highest BCUT2D eigenvalue weighted by Crippen LogP contribution is 2.17. The Bertz CT molecular complexity index is 874. The third-order valence-corrected chi connectivity index (χ3v) is 12.2. The normalized spacial score (nSPS) is 12.4. The lowest BCUT2D eigenvalue weighted by atomic mass is 9.99. The lowest BCUT2D eigenvalue weighted by Gasteiger charge is -2.18. The van der Waals surface area contributed by atoms with Gasteiger partial charge in [0.15, 0.2) is 6.10 Å². The Balaban J connectivity index is 4.31. The summed E-state index contributed by atoms with van der Waals surface area (Å²) >= 11 is 0. The van der Waals surface area contributed by atoms with Crippen LogP contribution in [0.1, 0.15) is 291 Å². The zero-order valence-corrected chi connectivity index (χ0v) is 39.5. The third-order valence-electron chi connectivity index (χ3n) is 12.2. The van der Waals surface area contributed by atoms with Crippen LogP contribution in [0.25, 0.3) is 0 Å². The summed E-state index contributed by atoms with van der Waals surface area (Å²) in [6.07, 6.45) is 47.9. The molecule has 0 aliphatic rings. The SMILES string of the molecule is CCCCCCCCCCCCCCCCCC(=O)OC[C@@H](COC(=O)CCCCCCCCCCC(C)CC)OC(=O)CCCCCCCCCCCCCCC. The molecule has 0 heterocycles. The van der Waals surface area contributed by atoms with Gasteiger partial charge in [-0.2, -0.15) is 0 Å². The van der Waals surface area contributed by atoms with E-state index in [-0.39, 0.29) is 31.1 Å². The van der Waals surface area contributed by atoms with E-state index in [1.54, 1.807) is 0 Å². The minimum absolute atomic E-state index is 0.0629. The van der Waals surface area contributed by atoms with E-state index < -0.39 is 6.10 Å². The van der Waals surface area contributed by atoms with Crippen LogP contribution in [-0.2, 0) is 28.6 Å². The summed E-state index contributed by atoms with van der Waals surface area (Å²) < 4.78 is 16.8. The predicted molar refractivity (Wildman–Crippen MR) is 247 cm³/mol. The Morgan fingerprint density at radius 3 is 0.897 bits per heavy atom. The molecule has 0 aliphatic heterocycles. The van der Waals surface area contributed by atoms with Crippen LogP contribution in [0.5, 0.6) is 0 Å². The third kappa shape index (κ3) is 44.0. The van der Waals surface area contributed by atoms with Gasteiger partial charge in [0.25, 0.3) is 0 Å². The average Bonchev–Trinajstić information content (AvgIpc) is 3.22. The van der Waals surface area contributed by atoms with E-state index in [0.717, 1.165) is 63.7 Å². The van der Waals surface area contributed by atoms with E-state index in [1.807, 2.05) is 0 Å². The fourth-order valence-electron chi connectivity index (χ4n) is 7.83. The topological polar surface area (TPSA) is 78.9 Å². The lowest BCUT2D eigenvalue weighted by molar-refractivity contribution is -0.167. The van der Waals surface area contributed by atoms with E-state index in [4.69, 9.17) is 14.2 Å². The summed E-state index contributed by atoms with van der Waals surface area (Å²) in [5.41, 5.74) is 0. The second-order valence-corrected chi connectivity index (χ2v) is 18.1. The van der Waals surface area contributed by atoms with E-state index in [1.165, 1.54) is 186 Å². The second kappa shape index (κ2) is 46.5. The molecule has 0 rings (SSSR count). The largest absolute Gasteiger partial charge is 0.462 e. The van der Waals surface area contributed by atoms with Crippen molar-refractivity contribution in [2.45, 2.75) is 297 Å². The summed E-state index contributed by atoms with van der Waals surface area (Å²) in [4.78, 5) is 37.9. The first-order valence-corrected chi connectivity index (χ1v) is 25.9. The van der Waals surface area contributed by atoms with Crippen LogP contribution in [0.2, 0.25) is 0 Å². The highest BCUT2D eigenvalue weighted by atomic mass is 16.6. The minimum Gasteiger partial charge on any atom is -0.462 e. The molecule has 1 unspecified atom stereocenters. The maximum atomic E-state index is 12.8. The van der Waals surface area contributed by atoms with Gasteiger partial charge in [-0.3, -0.25) is 14.4 Å². The molecule has 0 radical (unpaired) electrons. The molecule has 0 saturated carbocycles. The molecule has 0 N–H and O–H groups in total. The Labute approximate surface area is 361 Å². The van der Waals surface area contributed by atoms with Crippen LogP contribution >= 0.6 is 0 Å². The molecule has 0 aromatic heterocycles. The zero-order valence-electron chi connectivity index (χ0n) is 39.5. The van der Waals surface area contributed by atoms with Crippen LogP contribution in [0, 0.1) is 5.92 Å². The van der Waals surface area contributed by atoms with Crippen LogP contribution in [0.15, 0.2) is 0 Å². The average molecular weight is 821 g/mol. The number of ether oxygens (including phenoxy) is 3. The fourth-order valence-corrected chi connectivity index (χ4v) is 7.83. The van der Waals surface area contributed by atoms with Gasteiger partial charge < -0.3 is 14.2 Å². The van der Waals surface area contributed by atoms with E-state index in [2.05, 4.69) is 27.7 Å². The van der Waals surface area contributed by atoms with E-state index >= 15 is 0 Å². The molecule has 0 saturated heterocycles. The fraction of sp³-hybridized carbons (Fsp3) is 0.942. The van der Waals surface area contributed by atoms with Crippen molar-refractivity contribution in [3.8, 4) is 0 Å². The number of unbranched alkanes of at least 4 members (excludes halogenated alkanes) is 33. The molecule has 0 spiro atoms. The van der Waals surface area contributed by atoms with Crippen LogP contribution in [0.3, 0.4) is 0 Å². The number of hydrogen-bond acceptors (Lipinski definition) is 6. The maximum absolute atomic E-state index is 12.8. The lowest BCUT2D eigenvalue weighted by Crippen LogP contribution is -2.30. The number of carbonyl (C=O) groups excluding carboxylic acids is 3. The Kier molecular flexibility index (Phi) is 45.2. The van der Waals surface area contributed by atoms with Crippen molar-refractivity contribution < 1.29 is 28.6 Å². The van der Waals surface area contributed by atoms with Crippen molar-refractivity contribution >= 4 is 17.9 Å². The quantitative estimate of drug-likeness (QED) is 0.0346. The van der Waals surface area contributed by atoms with Gasteiger partial charge in [-0.25, -0.2) is 0 Å². The molecular formula is C52H100O6. The summed E-state index contributed by atoms with van der Waals surface area (Å²) in [7, 11) is 0. The molecule has 0 aromatic carbocycles. The Morgan fingerprint density at radius 1 is 0.345 bits per heavy atom. The summed E-state index contributed by atoms with van der Waals surface area (Å²) in [6.45, 7) is 9.03. The van der Waals surface area contributed by atoms with Gasteiger partial charge in [0.1, 0.15) is 13.2 Å². The van der Waals surface area contributed by atoms with Gasteiger partial charge in [0, 0.05) is 19.3 Å². The number of carbonyl (C=O) groups is 3. The van der Waals surface area contributed by atoms with E-state index in [9.17, 15) is 14.4 Å². The molecule has 2 atom stereocenters. The highest BCUT2D eigenvalue weighted by molar-refractivity contribution is 5.71. The molecule has 0 aliphatic carbocycles.